The number of rotatable bonds is 3. The van der Waals surface area contributed by atoms with Crippen LogP contribution in [0.3, 0.4) is 0 Å². The number of hydrogen-bond donors (Lipinski definition) is 3. The van der Waals surface area contributed by atoms with Gasteiger partial charge in [0.05, 0.1) is 11.8 Å². The predicted molar refractivity (Wildman–Crippen MR) is 56.6 cm³/mol. The quantitative estimate of drug-likeness (QED) is 0.551. The lowest BCUT2D eigenvalue weighted by molar-refractivity contribution is -0.147. The minimum absolute atomic E-state index is 0.200. The summed E-state index contributed by atoms with van der Waals surface area (Å²) in [5.74, 6) is -4.07. The molecule has 7 nitrogen and oxygen atoms in total. The highest BCUT2D eigenvalue weighted by atomic mass is 32.2. The van der Waals surface area contributed by atoms with Crippen molar-refractivity contribution in [3.63, 3.8) is 0 Å². The van der Waals surface area contributed by atoms with Gasteiger partial charge < -0.3 is 5.11 Å². The molecular weight excluding hydrogens is 248 g/mol. The molecule has 1 fully saturated rings. The van der Waals surface area contributed by atoms with Gasteiger partial charge in [0, 0.05) is 0 Å². The van der Waals surface area contributed by atoms with Gasteiger partial charge in [-0.25, -0.2) is 9.86 Å². The molecule has 2 rings (SSSR count). The number of amides is 1. The Morgan fingerprint density at radius 2 is 1.76 bits per heavy atom. The van der Waals surface area contributed by atoms with Gasteiger partial charge in [0.25, 0.3) is 10.2 Å². The first-order valence-electron chi connectivity index (χ1n) is 5.05. The summed E-state index contributed by atoms with van der Waals surface area (Å²) in [7, 11) is -4.14. The van der Waals surface area contributed by atoms with Gasteiger partial charge in [-0.2, -0.15) is 8.42 Å². The number of allylic oxidation sites excluding steroid dienone is 2. The van der Waals surface area contributed by atoms with Crippen LogP contribution in [0.1, 0.15) is 6.42 Å². The summed E-state index contributed by atoms with van der Waals surface area (Å²) in [6, 6.07) is 0. The lowest BCUT2D eigenvalue weighted by Crippen LogP contribution is -2.44. The van der Waals surface area contributed by atoms with Crippen molar-refractivity contribution in [3.8, 4) is 0 Å². The largest absolute Gasteiger partial charge is 0.481 e. The first-order valence-corrected chi connectivity index (χ1v) is 6.60. The van der Waals surface area contributed by atoms with Crippen LogP contribution in [0.4, 0.5) is 0 Å². The fourth-order valence-corrected chi connectivity index (χ4v) is 3.14. The highest BCUT2D eigenvalue weighted by molar-refractivity contribution is 7.87. The Balaban J connectivity index is 2.23. The summed E-state index contributed by atoms with van der Waals surface area (Å²) in [6.07, 6.45) is 4.10. The summed E-state index contributed by atoms with van der Waals surface area (Å²) < 4.78 is 23.2. The van der Waals surface area contributed by atoms with E-state index in [0.717, 1.165) is 0 Å². The van der Waals surface area contributed by atoms with Crippen LogP contribution in [0.25, 0.3) is 0 Å². The summed E-state index contributed by atoms with van der Waals surface area (Å²) in [4.78, 5) is 22.8. The highest BCUT2D eigenvalue weighted by Gasteiger charge is 2.52. The molecule has 0 radical (unpaired) electrons. The Bertz CT molecular complexity index is 498. The van der Waals surface area contributed by atoms with E-state index in [-0.39, 0.29) is 11.8 Å². The van der Waals surface area contributed by atoms with E-state index in [0.29, 0.717) is 6.42 Å². The van der Waals surface area contributed by atoms with Crippen molar-refractivity contribution in [2.45, 2.75) is 6.42 Å². The summed E-state index contributed by atoms with van der Waals surface area (Å²) in [5, 5.41) is 13.8. The van der Waals surface area contributed by atoms with Gasteiger partial charge in [-0.3, -0.25) is 9.59 Å². The van der Waals surface area contributed by atoms with Crippen LogP contribution in [-0.2, 0) is 19.8 Å². The fourth-order valence-electron chi connectivity index (χ4n) is 2.72. The summed E-state index contributed by atoms with van der Waals surface area (Å²) in [6.45, 7) is 0. The zero-order valence-corrected chi connectivity index (χ0v) is 9.55. The van der Waals surface area contributed by atoms with Crippen LogP contribution < -0.4 is 9.86 Å². The number of fused-ring (bicyclic) bond motifs is 2. The smallest absolute Gasteiger partial charge is 0.307 e. The van der Waals surface area contributed by atoms with E-state index in [1.165, 1.54) is 0 Å². The Hall–Kier alpha value is -1.41. The third kappa shape index (κ3) is 2.18. The molecule has 0 heterocycles. The number of aliphatic carboxylic acids is 1. The van der Waals surface area contributed by atoms with Crippen molar-refractivity contribution < 1.29 is 23.1 Å². The standard InChI is InChI=1S/C9H12N2O5S/c10-17(15,16)11-8(12)6-4-1-2-5(3-4)7(6)9(13)14/h1-2,4-7H,3H2,(H,11,12)(H,13,14)(H2,10,15,16). The normalized spacial score (nSPS) is 34.9. The van der Waals surface area contributed by atoms with E-state index in [1.807, 2.05) is 0 Å². The second-order valence-electron chi connectivity index (χ2n) is 4.35. The lowest BCUT2D eigenvalue weighted by atomic mass is 9.83. The molecule has 4 N–H and O–H groups in total. The molecule has 17 heavy (non-hydrogen) atoms. The summed E-state index contributed by atoms with van der Waals surface area (Å²) in [5.41, 5.74) is 0. The van der Waals surface area contributed by atoms with E-state index in [9.17, 15) is 18.0 Å². The van der Waals surface area contributed by atoms with E-state index in [4.69, 9.17) is 10.2 Å². The van der Waals surface area contributed by atoms with E-state index >= 15 is 0 Å². The number of carboxylic acids is 1. The van der Waals surface area contributed by atoms with Crippen LogP contribution in [0.5, 0.6) is 0 Å². The number of carbonyl (C=O) groups excluding carboxylic acids is 1. The molecule has 4 atom stereocenters. The SMILES string of the molecule is NS(=O)(=O)NC(=O)C1C2C=CC(C2)C1C(=O)O. The Morgan fingerprint density at radius 1 is 1.24 bits per heavy atom. The Kier molecular flexibility index (Phi) is 2.70. The van der Waals surface area contributed by atoms with Crippen LogP contribution in [0.2, 0.25) is 0 Å². The molecule has 0 spiro atoms. The van der Waals surface area contributed by atoms with Crippen molar-refractivity contribution in [2.75, 3.05) is 0 Å². The first-order chi connectivity index (χ1) is 7.79. The van der Waals surface area contributed by atoms with E-state index in [2.05, 4.69) is 0 Å². The second-order valence-corrected chi connectivity index (χ2v) is 5.64. The zero-order valence-electron chi connectivity index (χ0n) is 8.74. The summed E-state index contributed by atoms with van der Waals surface area (Å²) >= 11 is 0. The number of nitrogens with two attached hydrogens (primary N) is 1. The van der Waals surface area contributed by atoms with Crippen LogP contribution >= 0.6 is 0 Å². The monoisotopic (exact) mass is 260 g/mol. The maximum atomic E-state index is 11.7. The molecule has 94 valence electrons. The van der Waals surface area contributed by atoms with Crippen molar-refractivity contribution in [2.24, 2.45) is 28.8 Å². The van der Waals surface area contributed by atoms with Gasteiger partial charge in [0.1, 0.15) is 0 Å². The topological polar surface area (TPSA) is 127 Å². The fraction of sp³-hybridized carbons (Fsp3) is 0.556. The van der Waals surface area contributed by atoms with Crippen molar-refractivity contribution in [3.05, 3.63) is 12.2 Å². The molecule has 0 aromatic heterocycles. The van der Waals surface area contributed by atoms with E-state index < -0.39 is 33.9 Å². The second kappa shape index (κ2) is 3.81. The molecule has 2 aliphatic rings. The third-order valence-corrected chi connectivity index (χ3v) is 3.78. The number of carbonyl (C=O) groups is 2. The maximum absolute atomic E-state index is 11.7. The minimum atomic E-state index is -4.14. The van der Waals surface area contributed by atoms with Crippen LogP contribution in [-0.4, -0.2) is 25.4 Å². The molecular formula is C9H12N2O5S. The van der Waals surface area contributed by atoms with Crippen LogP contribution in [0, 0.1) is 23.7 Å². The minimum Gasteiger partial charge on any atom is -0.481 e. The first kappa shape index (κ1) is 12.1. The molecule has 2 bridgehead atoms. The highest BCUT2D eigenvalue weighted by Crippen LogP contribution is 2.48. The van der Waals surface area contributed by atoms with Gasteiger partial charge in [-0.1, -0.05) is 12.2 Å². The Morgan fingerprint density at radius 3 is 2.24 bits per heavy atom. The Labute approximate surface area is 97.9 Å². The molecule has 2 aliphatic carbocycles. The van der Waals surface area contributed by atoms with Gasteiger partial charge in [0.15, 0.2) is 0 Å². The zero-order chi connectivity index (χ0) is 12.8. The molecule has 1 saturated carbocycles. The maximum Gasteiger partial charge on any atom is 0.307 e. The lowest BCUT2D eigenvalue weighted by Gasteiger charge is -2.23. The van der Waals surface area contributed by atoms with Gasteiger partial charge in [-0.15, -0.1) is 0 Å². The average Bonchev–Trinajstić information content (AvgIpc) is 2.72. The molecule has 4 unspecified atom stereocenters. The third-order valence-electron chi connectivity index (χ3n) is 3.29. The molecule has 0 saturated heterocycles. The number of hydrogen-bond acceptors (Lipinski definition) is 4. The molecule has 0 aromatic rings. The van der Waals surface area contributed by atoms with E-state index in [1.54, 1.807) is 16.9 Å². The molecule has 8 heteroatoms. The van der Waals surface area contributed by atoms with Crippen molar-refractivity contribution >= 4 is 22.1 Å². The number of nitrogens with one attached hydrogen (secondary N) is 1. The molecule has 0 aromatic carbocycles. The van der Waals surface area contributed by atoms with Gasteiger partial charge in [0.2, 0.25) is 5.91 Å². The van der Waals surface area contributed by atoms with Gasteiger partial charge >= 0.3 is 5.97 Å². The molecule has 1 amide bonds. The number of carboxylic acid groups (broad SMARTS) is 1. The molecule has 0 aliphatic heterocycles. The predicted octanol–water partition coefficient (Wildman–Crippen LogP) is -1.17. The van der Waals surface area contributed by atoms with Crippen LogP contribution in [0.15, 0.2) is 12.2 Å². The van der Waals surface area contributed by atoms with Crippen molar-refractivity contribution in [1.82, 2.24) is 4.72 Å². The van der Waals surface area contributed by atoms with Gasteiger partial charge in [-0.05, 0) is 18.3 Å². The average molecular weight is 260 g/mol. The van der Waals surface area contributed by atoms with Crippen molar-refractivity contribution in [1.29, 1.82) is 0 Å².